The monoisotopic (exact) mass is 386 g/mol. The van der Waals surface area contributed by atoms with Crippen LogP contribution in [0, 0.1) is 11.3 Å². The molecule has 148 valence electrons. The molecule has 0 aliphatic carbocycles. The van der Waals surface area contributed by atoms with Gasteiger partial charge in [0.2, 0.25) is 0 Å². The number of rotatable bonds is 5. The van der Waals surface area contributed by atoms with Crippen LogP contribution in [0.25, 0.3) is 5.52 Å². The maximum atomic E-state index is 12.0. The number of likely N-dealkylation sites (tertiary alicyclic amines) is 1. The number of esters is 1. The van der Waals surface area contributed by atoms with Gasteiger partial charge >= 0.3 is 5.97 Å². The fraction of sp³-hybridized carbons (Fsp3) is 0.556. The fourth-order valence-electron chi connectivity index (χ4n) is 3.85. The van der Waals surface area contributed by atoms with Gasteiger partial charge < -0.3 is 20.3 Å². The number of nitrogens with zero attached hydrogens (tertiary/aromatic N) is 5. The van der Waals surface area contributed by atoms with E-state index in [9.17, 15) is 15.2 Å². The van der Waals surface area contributed by atoms with Crippen LogP contribution in [0.15, 0.2) is 18.5 Å². The lowest BCUT2D eigenvalue weighted by Crippen LogP contribution is -2.33. The van der Waals surface area contributed by atoms with Crippen molar-refractivity contribution in [3.63, 3.8) is 0 Å². The average molecular weight is 386 g/mol. The van der Waals surface area contributed by atoms with Gasteiger partial charge in [-0.15, -0.1) is 0 Å². The van der Waals surface area contributed by atoms with Crippen molar-refractivity contribution in [3.05, 3.63) is 24.2 Å². The van der Waals surface area contributed by atoms with Crippen LogP contribution in [0.3, 0.4) is 0 Å². The molecular formula is C18H22N6O4. The normalized spacial score (nSPS) is 27.9. The zero-order valence-electron chi connectivity index (χ0n) is 15.3. The third-order valence-corrected chi connectivity index (χ3v) is 5.31. The van der Waals surface area contributed by atoms with E-state index >= 15 is 0 Å². The van der Waals surface area contributed by atoms with E-state index < -0.39 is 17.8 Å². The first kappa shape index (κ1) is 18.6. The first-order chi connectivity index (χ1) is 13.5. The topological polar surface area (TPSA) is 139 Å². The number of hydrogen-bond donors (Lipinski definition) is 2. The molecule has 0 saturated carbocycles. The van der Waals surface area contributed by atoms with Crippen LogP contribution in [0.5, 0.6) is 0 Å². The molecule has 2 aliphatic rings. The summed E-state index contributed by atoms with van der Waals surface area (Å²) in [6.45, 7) is 1.90. The van der Waals surface area contributed by atoms with Gasteiger partial charge in [0, 0.05) is 6.42 Å². The lowest BCUT2D eigenvalue weighted by Gasteiger charge is -2.21. The number of fused-ring (bicyclic) bond motifs is 1. The van der Waals surface area contributed by atoms with E-state index in [1.54, 1.807) is 12.1 Å². The summed E-state index contributed by atoms with van der Waals surface area (Å²) in [7, 11) is 0. The van der Waals surface area contributed by atoms with E-state index in [0.717, 1.165) is 25.9 Å². The highest BCUT2D eigenvalue weighted by Crippen LogP contribution is 2.40. The lowest BCUT2D eigenvalue weighted by atomic mass is 9.96. The lowest BCUT2D eigenvalue weighted by molar-refractivity contribution is -0.151. The largest absolute Gasteiger partial charge is 0.462 e. The molecule has 0 aromatic carbocycles. The minimum absolute atomic E-state index is 0.0356. The van der Waals surface area contributed by atoms with Crippen molar-refractivity contribution < 1.29 is 19.4 Å². The van der Waals surface area contributed by atoms with Crippen molar-refractivity contribution in [1.29, 1.82) is 5.26 Å². The van der Waals surface area contributed by atoms with Gasteiger partial charge in [-0.3, -0.25) is 9.69 Å². The third kappa shape index (κ3) is 3.28. The molecule has 0 amide bonds. The third-order valence-electron chi connectivity index (χ3n) is 5.31. The second-order valence-corrected chi connectivity index (χ2v) is 7.19. The minimum Gasteiger partial charge on any atom is -0.462 e. The molecule has 2 aromatic rings. The van der Waals surface area contributed by atoms with Crippen LogP contribution in [-0.2, 0) is 19.9 Å². The van der Waals surface area contributed by atoms with Gasteiger partial charge in [0.05, 0.1) is 18.3 Å². The number of nitrogen functional groups attached to an aromatic ring is 1. The van der Waals surface area contributed by atoms with Crippen molar-refractivity contribution in [1.82, 2.24) is 19.5 Å². The highest BCUT2D eigenvalue weighted by Gasteiger charge is 2.50. The second-order valence-electron chi connectivity index (χ2n) is 7.19. The van der Waals surface area contributed by atoms with E-state index in [4.69, 9.17) is 15.2 Å². The van der Waals surface area contributed by atoms with Crippen molar-refractivity contribution in [2.45, 2.75) is 37.1 Å². The average Bonchev–Trinajstić information content (AvgIpc) is 3.40. The Balaban J connectivity index is 1.47. The smallest absolute Gasteiger partial charge is 0.320 e. The van der Waals surface area contributed by atoms with Gasteiger partial charge in [-0.2, -0.15) is 10.4 Å². The van der Waals surface area contributed by atoms with Crippen molar-refractivity contribution in [3.8, 4) is 6.07 Å². The number of carbonyl (C=O) groups excluding carboxylic acids is 1. The molecule has 2 aromatic heterocycles. The highest BCUT2D eigenvalue weighted by atomic mass is 16.6. The summed E-state index contributed by atoms with van der Waals surface area (Å²) >= 11 is 0. The van der Waals surface area contributed by atoms with Gasteiger partial charge in [0.1, 0.15) is 30.6 Å². The van der Waals surface area contributed by atoms with Crippen LogP contribution in [0.1, 0.15) is 25.0 Å². The second kappa shape index (κ2) is 7.35. The number of hydrogen-bond acceptors (Lipinski definition) is 9. The Hall–Kier alpha value is -2.74. The Morgan fingerprint density at radius 1 is 1.46 bits per heavy atom. The molecule has 2 saturated heterocycles. The molecule has 10 nitrogen and oxygen atoms in total. The summed E-state index contributed by atoms with van der Waals surface area (Å²) < 4.78 is 12.7. The molecule has 10 heteroatoms. The summed E-state index contributed by atoms with van der Waals surface area (Å²) in [6.07, 6.45) is 1.74. The van der Waals surface area contributed by atoms with Gasteiger partial charge in [0.15, 0.2) is 11.4 Å². The van der Waals surface area contributed by atoms with E-state index in [1.165, 1.54) is 10.8 Å². The summed E-state index contributed by atoms with van der Waals surface area (Å²) in [4.78, 5) is 18.0. The molecule has 4 heterocycles. The molecule has 0 bridgehead atoms. The summed E-state index contributed by atoms with van der Waals surface area (Å²) in [5.74, 6) is -0.0823. The Kier molecular flexibility index (Phi) is 4.89. The molecule has 0 unspecified atom stereocenters. The quantitative estimate of drug-likeness (QED) is 0.670. The number of aliphatic hydroxyl groups is 1. The molecule has 3 N–H and O–H groups in total. The van der Waals surface area contributed by atoms with E-state index in [0.29, 0.717) is 11.2 Å². The zero-order valence-corrected chi connectivity index (χ0v) is 15.3. The molecule has 4 rings (SSSR count). The summed E-state index contributed by atoms with van der Waals surface area (Å²) in [5.41, 5.74) is 5.43. The Morgan fingerprint density at radius 2 is 2.25 bits per heavy atom. The number of nitrogens with two attached hydrogens (primary N) is 1. The summed E-state index contributed by atoms with van der Waals surface area (Å²) in [5, 5.41) is 24.4. The number of nitriles is 1. The van der Waals surface area contributed by atoms with E-state index in [-0.39, 0.29) is 31.4 Å². The summed E-state index contributed by atoms with van der Waals surface area (Å²) in [6, 6.07) is 5.52. The Morgan fingerprint density at radius 3 is 3.00 bits per heavy atom. The molecule has 0 spiro atoms. The molecule has 28 heavy (non-hydrogen) atoms. The van der Waals surface area contributed by atoms with Crippen LogP contribution in [-0.4, -0.2) is 69.0 Å². The Labute approximate surface area is 161 Å². The van der Waals surface area contributed by atoms with Crippen LogP contribution in [0.2, 0.25) is 0 Å². The van der Waals surface area contributed by atoms with Crippen LogP contribution in [0.4, 0.5) is 5.82 Å². The number of carbonyl (C=O) groups is 1. The SMILES string of the molecule is N#C[C@]1(c2ccc3c(N)ncnn23)C[C@H](O)[C@@H](COC(=O)CN2CCCC2)O1. The number of aliphatic hydroxyl groups excluding tert-OH is 1. The Bertz CT molecular complexity index is 918. The molecule has 0 radical (unpaired) electrons. The molecule has 2 fully saturated rings. The maximum Gasteiger partial charge on any atom is 0.320 e. The standard InChI is InChI=1S/C18H22N6O4/c19-10-18(15-4-3-12-17(20)21-11-22-24(12)15)7-13(25)14(28-18)9-27-16(26)8-23-5-1-2-6-23/h3-4,11,13-14,25H,1-2,5-9H2,(H2,20,21,22)/t13-,14+,18-/m0/s1. The predicted molar refractivity (Wildman–Crippen MR) is 96.8 cm³/mol. The fourth-order valence-corrected chi connectivity index (χ4v) is 3.85. The maximum absolute atomic E-state index is 12.0. The van der Waals surface area contributed by atoms with Gasteiger partial charge in [-0.25, -0.2) is 9.50 Å². The van der Waals surface area contributed by atoms with E-state index in [1.807, 2.05) is 4.90 Å². The zero-order chi connectivity index (χ0) is 19.7. The number of anilines is 1. The van der Waals surface area contributed by atoms with Gasteiger partial charge in [-0.1, -0.05) is 0 Å². The van der Waals surface area contributed by atoms with Crippen molar-refractivity contribution in [2.24, 2.45) is 0 Å². The number of ether oxygens (including phenoxy) is 2. The molecular weight excluding hydrogens is 364 g/mol. The van der Waals surface area contributed by atoms with Crippen LogP contribution >= 0.6 is 0 Å². The molecule has 2 aliphatic heterocycles. The molecule has 3 atom stereocenters. The van der Waals surface area contributed by atoms with Crippen molar-refractivity contribution in [2.75, 3.05) is 32.0 Å². The minimum atomic E-state index is -1.42. The van der Waals surface area contributed by atoms with Crippen molar-refractivity contribution >= 4 is 17.3 Å². The van der Waals surface area contributed by atoms with Gasteiger partial charge in [-0.05, 0) is 38.1 Å². The van der Waals surface area contributed by atoms with Gasteiger partial charge in [0.25, 0.3) is 0 Å². The van der Waals surface area contributed by atoms with E-state index in [2.05, 4.69) is 16.2 Å². The first-order valence-corrected chi connectivity index (χ1v) is 9.26. The highest BCUT2D eigenvalue weighted by molar-refractivity contribution is 5.71. The predicted octanol–water partition coefficient (Wildman–Crippen LogP) is -0.181. The number of aromatic nitrogens is 3. The van der Waals surface area contributed by atoms with Crippen LogP contribution < -0.4 is 5.73 Å². The first-order valence-electron chi connectivity index (χ1n) is 9.26.